The molecular weight excluding hydrogens is 244 g/mol. The summed E-state index contributed by atoms with van der Waals surface area (Å²) in [5, 5.41) is 4.91. The smallest absolute Gasteiger partial charge is 0.110 e. The van der Waals surface area contributed by atoms with Gasteiger partial charge >= 0.3 is 0 Å². The Morgan fingerprint density at radius 2 is 2.11 bits per heavy atom. The molecule has 0 amide bonds. The summed E-state index contributed by atoms with van der Waals surface area (Å²) < 4.78 is 5.14. The third kappa shape index (κ3) is 3.31. The largest absolute Gasteiger partial charge is 0.383 e. The number of hydrogen-bond donors (Lipinski definition) is 1. The van der Waals surface area contributed by atoms with Gasteiger partial charge in [0, 0.05) is 18.5 Å². The lowest BCUT2D eigenvalue weighted by molar-refractivity contribution is 0.190. The van der Waals surface area contributed by atoms with Crippen molar-refractivity contribution in [2.24, 2.45) is 5.92 Å². The Morgan fingerprint density at radius 1 is 1.39 bits per heavy atom. The molecular formula is C14H24N2OS. The quantitative estimate of drug-likeness (QED) is 0.804. The van der Waals surface area contributed by atoms with E-state index in [1.165, 1.54) is 41.3 Å². The highest BCUT2D eigenvalue weighted by Gasteiger charge is 2.28. The van der Waals surface area contributed by atoms with Gasteiger partial charge in [-0.2, -0.15) is 0 Å². The highest BCUT2D eigenvalue weighted by molar-refractivity contribution is 7.11. The van der Waals surface area contributed by atoms with Crippen molar-refractivity contribution in [2.75, 3.05) is 20.3 Å². The van der Waals surface area contributed by atoms with Gasteiger partial charge in [0.15, 0.2) is 0 Å². The molecule has 18 heavy (non-hydrogen) atoms. The van der Waals surface area contributed by atoms with Crippen LogP contribution in [0.2, 0.25) is 0 Å². The number of nitrogens with zero attached hydrogens (tertiary/aromatic N) is 1. The summed E-state index contributed by atoms with van der Waals surface area (Å²) in [5.41, 5.74) is 1.19. The fourth-order valence-corrected chi connectivity index (χ4v) is 3.79. The van der Waals surface area contributed by atoms with E-state index in [2.05, 4.69) is 19.2 Å². The molecule has 1 N–H and O–H groups in total. The van der Waals surface area contributed by atoms with Crippen molar-refractivity contribution in [3.8, 4) is 0 Å². The normalized spacial score (nSPS) is 18.4. The van der Waals surface area contributed by atoms with Crippen LogP contribution >= 0.6 is 11.3 Å². The number of aromatic nitrogens is 1. The van der Waals surface area contributed by atoms with E-state index < -0.39 is 0 Å². The first-order chi connectivity index (χ1) is 8.72. The van der Waals surface area contributed by atoms with E-state index in [0.29, 0.717) is 6.04 Å². The van der Waals surface area contributed by atoms with Crippen LogP contribution in [0.1, 0.15) is 47.3 Å². The maximum Gasteiger partial charge on any atom is 0.110 e. The third-order valence-electron chi connectivity index (χ3n) is 3.85. The predicted octanol–water partition coefficient (Wildman–Crippen LogP) is 3.23. The van der Waals surface area contributed by atoms with E-state index in [1.54, 1.807) is 7.11 Å². The number of rotatable bonds is 6. The summed E-state index contributed by atoms with van der Waals surface area (Å²) >= 11 is 1.85. The fraction of sp³-hybridized carbons (Fsp3) is 0.786. The van der Waals surface area contributed by atoms with E-state index in [1.807, 2.05) is 11.3 Å². The summed E-state index contributed by atoms with van der Waals surface area (Å²) in [7, 11) is 1.75. The van der Waals surface area contributed by atoms with Crippen LogP contribution < -0.4 is 5.32 Å². The van der Waals surface area contributed by atoms with E-state index in [4.69, 9.17) is 9.72 Å². The van der Waals surface area contributed by atoms with Gasteiger partial charge in [0.1, 0.15) is 5.01 Å². The van der Waals surface area contributed by atoms with Crippen LogP contribution in [0.3, 0.4) is 0 Å². The van der Waals surface area contributed by atoms with E-state index in [-0.39, 0.29) is 0 Å². The van der Waals surface area contributed by atoms with Crippen LogP contribution in [-0.2, 0) is 4.74 Å². The summed E-state index contributed by atoms with van der Waals surface area (Å²) in [6.45, 7) is 5.95. The van der Waals surface area contributed by atoms with E-state index in [9.17, 15) is 0 Å². The Labute approximate surface area is 114 Å². The van der Waals surface area contributed by atoms with E-state index in [0.717, 1.165) is 19.1 Å². The zero-order valence-corrected chi connectivity index (χ0v) is 12.5. The maximum absolute atomic E-state index is 5.14. The van der Waals surface area contributed by atoms with Gasteiger partial charge in [0.05, 0.1) is 18.3 Å². The van der Waals surface area contributed by atoms with Gasteiger partial charge in [-0.05, 0) is 32.6 Å². The topological polar surface area (TPSA) is 34.1 Å². The SMILES string of the molecule is COCCNC(c1nc(C)c(C)s1)C1CCCC1. The lowest BCUT2D eigenvalue weighted by Crippen LogP contribution is -2.29. The van der Waals surface area contributed by atoms with Crippen LogP contribution in [0.15, 0.2) is 0 Å². The molecule has 0 saturated heterocycles. The number of methoxy groups -OCH3 is 1. The molecule has 0 radical (unpaired) electrons. The monoisotopic (exact) mass is 268 g/mol. The van der Waals surface area contributed by atoms with Gasteiger partial charge in [-0.3, -0.25) is 0 Å². The van der Waals surface area contributed by atoms with Gasteiger partial charge in [0.25, 0.3) is 0 Å². The van der Waals surface area contributed by atoms with Gasteiger partial charge < -0.3 is 10.1 Å². The Kier molecular flexibility index (Phi) is 5.15. The molecule has 1 heterocycles. The van der Waals surface area contributed by atoms with Crippen molar-refractivity contribution < 1.29 is 4.74 Å². The molecule has 102 valence electrons. The average molecular weight is 268 g/mol. The Hall–Kier alpha value is -0.450. The zero-order chi connectivity index (χ0) is 13.0. The maximum atomic E-state index is 5.14. The summed E-state index contributed by atoms with van der Waals surface area (Å²) in [5.74, 6) is 0.756. The summed E-state index contributed by atoms with van der Waals surface area (Å²) in [6, 6.07) is 0.431. The molecule has 4 heteroatoms. The average Bonchev–Trinajstić information content (AvgIpc) is 2.96. The molecule has 1 aromatic heterocycles. The summed E-state index contributed by atoms with van der Waals surface area (Å²) in [4.78, 5) is 6.10. The second kappa shape index (κ2) is 6.64. The van der Waals surface area contributed by atoms with Crippen molar-refractivity contribution >= 4 is 11.3 Å². The van der Waals surface area contributed by atoms with Crippen LogP contribution in [0.25, 0.3) is 0 Å². The second-order valence-corrected chi connectivity index (χ2v) is 6.40. The molecule has 0 bridgehead atoms. The number of nitrogens with one attached hydrogen (secondary N) is 1. The molecule has 1 saturated carbocycles. The molecule has 0 aromatic carbocycles. The molecule has 1 aliphatic rings. The molecule has 1 atom stereocenters. The lowest BCUT2D eigenvalue weighted by atomic mass is 9.98. The van der Waals surface area contributed by atoms with Crippen LogP contribution in [-0.4, -0.2) is 25.2 Å². The number of hydrogen-bond acceptors (Lipinski definition) is 4. The standard InChI is InChI=1S/C14H24N2OS/c1-10-11(2)18-14(16-10)13(15-8-9-17-3)12-6-4-5-7-12/h12-13,15H,4-9H2,1-3H3. The molecule has 1 aromatic rings. The number of aryl methyl sites for hydroxylation is 2. The molecule has 3 nitrogen and oxygen atoms in total. The molecule has 1 aliphatic carbocycles. The second-order valence-electron chi connectivity index (χ2n) is 5.16. The fourth-order valence-electron chi connectivity index (χ4n) is 2.69. The molecule has 2 rings (SSSR count). The highest BCUT2D eigenvalue weighted by atomic mass is 32.1. The molecule has 0 aliphatic heterocycles. The van der Waals surface area contributed by atoms with Crippen LogP contribution in [0.5, 0.6) is 0 Å². The Balaban J connectivity index is 2.07. The lowest BCUT2D eigenvalue weighted by Gasteiger charge is -2.22. The Morgan fingerprint density at radius 3 is 2.67 bits per heavy atom. The van der Waals surface area contributed by atoms with Gasteiger partial charge in [-0.25, -0.2) is 4.98 Å². The van der Waals surface area contributed by atoms with Gasteiger partial charge in [0.2, 0.25) is 0 Å². The molecule has 0 spiro atoms. The van der Waals surface area contributed by atoms with Crippen molar-refractivity contribution in [2.45, 2.75) is 45.6 Å². The molecule has 1 fully saturated rings. The van der Waals surface area contributed by atoms with Gasteiger partial charge in [-0.15, -0.1) is 11.3 Å². The molecule has 1 unspecified atom stereocenters. The first kappa shape index (κ1) is 14.0. The van der Waals surface area contributed by atoms with Crippen molar-refractivity contribution in [1.29, 1.82) is 0 Å². The van der Waals surface area contributed by atoms with Crippen molar-refractivity contribution in [3.63, 3.8) is 0 Å². The van der Waals surface area contributed by atoms with Crippen LogP contribution in [0, 0.1) is 19.8 Å². The minimum absolute atomic E-state index is 0.431. The third-order valence-corrected chi connectivity index (χ3v) is 5.01. The first-order valence-electron chi connectivity index (χ1n) is 6.88. The van der Waals surface area contributed by atoms with Crippen molar-refractivity contribution in [1.82, 2.24) is 10.3 Å². The van der Waals surface area contributed by atoms with Crippen molar-refractivity contribution in [3.05, 3.63) is 15.6 Å². The van der Waals surface area contributed by atoms with Gasteiger partial charge in [-0.1, -0.05) is 12.8 Å². The highest BCUT2D eigenvalue weighted by Crippen LogP contribution is 2.37. The van der Waals surface area contributed by atoms with Crippen LogP contribution in [0.4, 0.5) is 0 Å². The minimum atomic E-state index is 0.431. The summed E-state index contributed by atoms with van der Waals surface area (Å²) in [6.07, 6.45) is 5.41. The Bertz CT molecular complexity index is 352. The zero-order valence-electron chi connectivity index (χ0n) is 11.7. The van der Waals surface area contributed by atoms with E-state index >= 15 is 0 Å². The first-order valence-corrected chi connectivity index (χ1v) is 7.70. The number of thiazole rings is 1. The predicted molar refractivity (Wildman–Crippen MR) is 76.2 cm³/mol. The minimum Gasteiger partial charge on any atom is -0.383 e. The number of ether oxygens (including phenoxy) is 1.